The predicted molar refractivity (Wildman–Crippen MR) is 93.2 cm³/mol. The lowest BCUT2D eigenvalue weighted by atomic mass is 10.2. The molecule has 2 saturated heterocycles. The molecule has 3 rings (SSSR count). The van der Waals surface area contributed by atoms with Gasteiger partial charge in [-0.1, -0.05) is 49.2 Å². The summed E-state index contributed by atoms with van der Waals surface area (Å²) in [7, 11) is -0.235. The van der Waals surface area contributed by atoms with Gasteiger partial charge in [-0.25, -0.2) is 0 Å². The van der Waals surface area contributed by atoms with Crippen LogP contribution in [0.2, 0.25) is 0 Å². The average Bonchev–Trinajstić information content (AvgIpc) is 2.58. The minimum Gasteiger partial charge on any atom is -0.267 e. The number of benzene rings is 1. The van der Waals surface area contributed by atoms with E-state index in [2.05, 4.69) is 51.6 Å². The van der Waals surface area contributed by atoms with Gasteiger partial charge in [0.05, 0.1) is 8.22 Å². The highest BCUT2D eigenvalue weighted by Crippen LogP contribution is 2.48. The van der Waals surface area contributed by atoms with Gasteiger partial charge in [0.2, 0.25) is 0 Å². The molecule has 0 saturated carbocycles. The molecule has 0 bridgehead atoms. The summed E-state index contributed by atoms with van der Waals surface area (Å²) in [6.45, 7) is 5.17. The SMILES string of the molecule is C(=CP(N1CCCCC1)N1CCCCC1)c1ccccc1. The number of nitrogens with zero attached hydrogens (tertiary/aromatic N) is 2. The Balaban J connectivity index is 1.72. The first-order valence-corrected chi connectivity index (χ1v) is 9.77. The van der Waals surface area contributed by atoms with E-state index in [1.165, 1.54) is 70.3 Å². The van der Waals surface area contributed by atoms with Gasteiger partial charge in [0.25, 0.3) is 0 Å². The lowest BCUT2D eigenvalue weighted by Gasteiger charge is -2.41. The minimum atomic E-state index is -0.235. The first-order chi connectivity index (χ1) is 10.4. The summed E-state index contributed by atoms with van der Waals surface area (Å²) in [6.07, 6.45) is 10.7. The van der Waals surface area contributed by atoms with Crippen molar-refractivity contribution in [2.75, 3.05) is 26.2 Å². The van der Waals surface area contributed by atoms with E-state index >= 15 is 0 Å². The largest absolute Gasteiger partial charge is 0.267 e. The van der Waals surface area contributed by atoms with E-state index in [0.29, 0.717) is 0 Å². The van der Waals surface area contributed by atoms with Crippen LogP contribution in [-0.2, 0) is 0 Å². The summed E-state index contributed by atoms with van der Waals surface area (Å²) in [4.78, 5) is 0. The Morgan fingerprint density at radius 1 is 0.714 bits per heavy atom. The molecule has 2 nitrogen and oxygen atoms in total. The van der Waals surface area contributed by atoms with E-state index in [0.717, 1.165) is 0 Å². The summed E-state index contributed by atoms with van der Waals surface area (Å²) in [5.41, 5.74) is 1.33. The standard InChI is InChI=1S/C18H27N2P/c1-4-10-18(11-5-1)12-17-21(19-13-6-2-7-14-19)20-15-8-3-9-16-20/h1,4-5,10-12,17H,2-3,6-9,13-16H2. The van der Waals surface area contributed by atoms with E-state index in [1.807, 2.05) is 0 Å². The van der Waals surface area contributed by atoms with Crippen molar-refractivity contribution in [3.63, 3.8) is 0 Å². The molecule has 0 N–H and O–H groups in total. The lowest BCUT2D eigenvalue weighted by Crippen LogP contribution is -2.34. The Labute approximate surface area is 130 Å². The third kappa shape index (κ3) is 4.39. The molecule has 0 aromatic heterocycles. The Morgan fingerprint density at radius 3 is 1.76 bits per heavy atom. The fourth-order valence-electron chi connectivity index (χ4n) is 3.25. The van der Waals surface area contributed by atoms with Crippen LogP contribution in [0.5, 0.6) is 0 Å². The van der Waals surface area contributed by atoms with Gasteiger partial charge in [0.1, 0.15) is 0 Å². The maximum atomic E-state index is 2.75. The third-order valence-electron chi connectivity index (χ3n) is 4.44. The van der Waals surface area contributed by atoms with Gasteiger partial charge >= 0.3 is 0 Å². The molecule has 0 aliphatic carbocycles. The minimum absolute atomic E-state index is 0.235. The molecular formula is C18H27N2P. The molecule has 1 aromatic carbocycles. The number of rotatable bonds is 4. The topological polar surface area (TPSA) is 6.48 Å². The van der Waals surface area contributed by atoms with Crippen molar-refractivity contribution in [3.8, 4) is 0 Å². The second kappa shape index (κ2) is 8.08. The average molecular weight is 302 g/mol. The highest BCUT2D eigenvalue weighted by atomic mass is 31.1. The highest BCUT2D eigenvalue weighted by molar-refractivity contribution is 7.56. The summed E-state index contributed by atoms with van der Waals surface area (Å²) in [5.74, 6) is 2.50. The molecule has 21 heavy (non-hydrogen) atoms. The Hall–Kier alpha value is -0.690. The van der Waals surface area contributed by atoms with Crippen LogP contribution >= 0.6 is 8.22 Å². The van der Waals surface area contributed by atoms with E-state index in [9.17, 15) is 0 Å². The van der Waals surface area contributed by atoms with Gasteiger partial charge in [-0.3, -0.25) is 9.34 Å². The summed E-state index contributed by atoms with van der Waals surface area (Å²) >= 11 is 0. The number of hydrogen-bond acceptors (Lipinski definition) is 2. The van der Waals surface area contributed by atoms with Crippen molar-refractivity contribution >= 4 is 14.3 Å². The first kappa shape index (κ1) is 15.2. The summed E-state index contributed by atoms with van der Waals surface area (Å²) < 4.78 is 5.51. The van der Waals surface area contributed by atoms with Crippen molar-refractivity contribution < 1.29 is 0 Å². The van der Waals surface area contributed by atoms with Crippen LogP contribution < -0.4 is 0 Å². The Bertz CT molecular complexity index is 416. The molecular weight excluding hydrogens is 275 g/mol. The van der Waals surface area contributed by atoms with Crippen LogP contribution in [0.15, 0.2) is 36.1 Å². The third-order valence-corrected chi connectivity index (χ3v) is 6.82. The number of piperidine rings is 2. The molecule has 0 amide bonds. The van der Waals surface area contributed by atoms with Crippen LogP contribution in [-0.4, -0.2) is 35.5 Å². The highest BCUT2D eigenvalue weighted by Gasteiger charge is 2.25. The number of hydrogen-bond donors (Lipinski definition) is 0. The molecule has 2 aliphatic heterocycles. The van der Waals surface area contributed by atoms with E-state index in [-0.39, 0.29) is 8.22 Å². The van der Waals surface area contributed by atoms with Gasteiger partial charge in [0.15, 0.2) is 0 Å². The smallest absolute Gasteiger partial charge is 0.0648 e. The summed E-state index contributed by atoms with van der Waals surface area (Å²) in [5, 5.41) is 0. The van der Waals surface area contributed by atoms with Crippen LogP contribution in [0, 0.1) is 0 Å². The zero-order chi connectivity index (χ0) is 14.3. The van der Waals surface area contributed by atoms with Gasteiger partial charge in [0, 0.05) is 26.2 Å². The van der Waals surface area contributed by atoms with Crippen molar-refractivity contribution in [2.24, 2.45) is 0 Å². The Morgan fingerprint density at radius 2 is 1.24 bits per heavy atom. The van der Waals surface area contributed by atoms with Crippen molar-refractivity contribution in [1.29, 1.82) is 0 Å². The Kier molecular flexibility index (Phi) is 5.85. The summed E-state index contributed by atoms with van der Waals surface area (Å²) in [6, 6.07) is 10.8. The van der Waals surface area contributed by atoms with Crippen LogP contribution in [0.1, 0.15) is 44.1 Å². The first-order valence-electron chi connectivity index (χ1n) is 8.46. The molecule has 2 fully saturated rings. The zero-order valence-corrected chi connectivity index (χ0v) is 13.8. The second-order valence-electron chi connectivity index (χ2n) is 6.08. The molecule has 2 aliphatic rings. The maximum absolute atomic E-state index is 2.75. The van der Waals surface area contributed by atoms with Gasteiger partial charge in [-0.2, -0.15) is 0 Å². The van der Waals surface area contributed by atoms with Crippen molar-refractivity contribution in [2.45, 2.75) is 38.5 Å². The fraction of sp³-hybridized carbons (Fsp3) is 0.556. The van der Waals surface area contributed by atoms with Crippen LogP contribution in [0.25, 0.3) is 6.08 Å². The van der Waals surface area contributed by atoms with Gasteiger partial charge in [-0.05, 0) is 37.1 Å². The zero-order valence-electron chi connectivity index (χ0n) is 13.0. The molecule has 0 spiro atoms. The maximum Gasteiger partial charge on any atom is 0.0648 e. The fourth-order valence-corrected chi connectivity index (χ4v) is 5.67. The van der Waals surface area contributed by atoms with Gasteiger partial charge < -0.3 is 0 Å². The molecule has 0 unspecified atom stereocenters. The second-order valence-corrected chi connectivity index (χ2v) is 8.15. The predicted octanol–water partition coefficient (Wildman–Crippen LogP) is 4.94. The quantitative estimate of drug-likeness (QED) is 0.727. The van der Waals surface area contributed by atoms with Crippen LogP contribution in [0.4, 0.5) is 0 Å². The van der Waals surface area contributed by atoms with E-state index < -0.39 is 0 Å². The monoisotopic (exact) mass is 302 g/mol. The molecule has 0 radical (unpaired) electrons. The van der Waals surface area contributed by atoms with Crippen molar-refractivity contribution in [3.05, 3.63) is 41.7 Å². The van der Waals surface area contributed by atoms with E-state index in [1.54, 1.807) is 0 Å². The van der Waals surface area contributed by atoms with Crippen molar-refractivity contribution in [1.82, 2.24) is 9.34 Å². The molecule has 2 heterocycles. The molecule has 114 valence electrons. The molecule has 1 aromatic rings. The van der Waals surface area contributed by atoms with E-state index in [4.69, 9.17) is 0 Å². The molecule has 3 heteroatoms. The lowest BCUT2D eigenvalue weighted by molar-refractivity contribution is 0.314. The molecule has 0 atom stereocenters. The van der Waals surface area contributed by atoms with Crippen LogP contribution in [0.3, 0.4) is 0 Å². The van der Waals surface area contributed by atoms with Gasteiger partial charge in [-0.15, -0.1) is 0 Å². The normalized spacial score (nSPS) is 22.1.